The summed E-state index contributed by atoms with van der Waals surface area (Å²) in [6, 6.07) is 19.7. The fraction of sp³-hybridized carbons (Fsp3) is 0.273. The molecule has 0 aliphatic heterocycles. The minimum absolute atomic E-state index is 0.425. The summed E-state index contributed by atoms with van der Waals surface area (Å²) >= 11 is 0. The normalized spacial score (nSPS) is 11.1. The van der Waals surface area contributed by atoms with Gasteiger partial charge in [-0.15, -0.1) is 0 Å². The number of benzene rings is 2. The number of nitrogens with one attached hydrogen (secondary N) is 2. The lowest BCUT2D eigenvalue weighted by molar-refractivity contribution is 0.583. The van der Waals surface area contributed by atoms with Gasteiger partial charge in [0.05, 0.1) is 6.26 Å². The first-order valence-electron chi connectivity index (χ1n) is 8.84. The van der Waals surface area contributed by atoms with Crippen molar-refractivity contribution < 1.29 is 4.42 Å². The third-order valence-electron chi connectivity index (χ3n) is 3.90. The molecule has 3 nitrogen and oxygen atoms in total. The molecule has 2 N–H and O–H groups in total. The van der Waals surface area contributed by atoms with E-state index in [0.717, 1.165) is 33.8 Å². The maximum atomic E-state index is 5.78. The van der Waals surface area contributed by atoms with Gasteiger partial charge in [0.2, 0.25) is 0 Å². The van der Waals surface area contributed by atoms with Gasteiger partial charge in [0.15, 0.2) is 0 Å². The average Bonchev–Trinajstić information content (AvgIpc) is 3.05. The van der Waals surface area contributed by atoms with Crippen molar-refractivity contribution in [3.63, 3.8) is 0 Å². The molecule has 25 heavy (non-hydrogen) atoms. The van der Waals surface area contributed by atoms with E-state index in [2.05, 4.69) is 92.9 Å². The Bertz CT molecular complexity index is 731. The number of rotatable bonds is 6. The van der Waals surface area contributed by atoms with E-state index < -0.39 is 0 Å². The standard InChI is InChI=1S/C22H26N2O/c1-15(2)23-20-9-5-17(6-10-20)19-13-22(25-14-19)18-7-11-21(12-8-18)24-16(3)4/h5-16,23-24H,1-4H3. The third kappa shape index (κ3) is 4.44. The number of hydrogen-bond acceptors (Lipinski definition) is 3. The summed E-state index contributed by atoms with van der Waals surface area (Å²) in [6.45, 7) is 8.54. The van der Waals surface area contributed by atoms with E-state index in [1.54, 1.807) is 0 Å². The van der Waals surface area contributed by atoms with Gasteiger partial charge in [0, 0.05) is 34.6 Å². The number of hydrogen-bond donors (Lipinski definition) is 2. The fourth-order valence-electron chi connectivity index (χ4n) is 2.80. The van der Waals surface area contributed by atoms with Crippen LogP contribution in [0.4, 0.5) is 11.4 Å². The zero-order valence-corrected chi connectivity index (χ0v) is 15.3. The van der Waals surface area contributed by atoms with E-state index in [1.807, 2.05) is 6.26 Å². The van der Waals surface area contributed by atoms with Gasteiger partial charge in [-0.3, -0.25) is 0 Å². The molecule has 3 heteroatoms. The van der Waals surface area contributed by atoms with Gasteiger partial charge in [-0.2, -0.15) is 0 Å². The fourth-order valence-corrected chi connectivity index (χ4v) is 2.80. The molecule has 0 fully saturated rings. The maximum Gasteiger partial charge on any atom is 0.134 e. The van der Waals surface area contributed by atoms with Crippen LogP contribution in [0.3, 0.4) is 0 Å². The Labute approximate surface area is 150 Å². The van der Waals surface area contributed by atoms with Crippen molar-refractivity contribution in [1.82, 2.24) is 0 Å². The van der Waals surface area contributed by atoms with Crippen molar-refractivity contribution in [1.29, 1.82) is 0 Å². The highest BCUT2D eigenvalue weighted by molar-refractivity contribution is 5.71. The predicted octanol–water partition coefficient (Wildman–Crippen LogP) is 6.25. The molecule has 0 bridgehead atoms. The molecule has 0 aliphatic carbocycles. The van der Waals surface area contributed by atoms with Crippen LogP contribution in [0.25, 0.3) is 22.5 Å². The van der Waals surface area contributed by atoms with Crippen molar-refractivity contribution in [3.8, 4) is 22.5 Å². The highest BCUT2D eigenvalue weighted by Gasteiger charge is 2.07. The molecule has 0 atom stereocenters. The molecule has 130 valence electrons. The molecule has 0 radical (unpaired) electrons. The molecule has 1 heterocycles. The van der Waals surface area contributed by atoms with E-state index in [1.165, 1.54) is 0 Å². The van der Waals surface area contributed by atoms with Crippen molar-refractivity contribution in [2.45, 2.75) is 39.8 Å². The van der Waals surface area contributed by atoms with Gasteiger partial charge in [-0.1, -0.05) is 12.1 Å². The van der Waals surface area contributed by atoms with E-state index >= 15 is 0 Å². The average molecular weight is 334 g/mol. The Morgan fingerprint density at radius 3 is 1.60 bits per heavy atom. The summed E-state index contributed by atoms with van der Waals surface area (Å²) in [6.07, 6.45) is 1.82. The van der Waals surface area contributed by atoms with Gasteiger partial charge in [-0.25, -0.2) is 0 Å². The van der Waals surface area contributed by atoms with Crippen LogP contribution in [0.5, 0.6) is 0 Å². The van der Waals surface area contributed by atoms with Crippen LogP contribution < -0.4 is 10.6 Å². The lowest BCUT2D eigenvalue weighted by atomic mass is 10.1. The van der Waals surface area contributed by atoms with Crippen LogP contribution in [0.1, 0.15) is 27.7 Å². The van der Waals surface area contributed by atoms with Crippen LogP contribution in [-0.4, -0.2) is 12.1 Å². The summed E-state index contributed by atoms with van der Waals surface area (Å²) in [5.74, 6) is 0.885. The quantitative estimate of drug-likeness (QED) is 0.559. The second-order valence-corrected chi connectivity index (χ2v) is 6.95. The molecular formula is C22H26N2O. The van der Waals surface area contributed by atoms with Crippen molar-refractivity contribution in [3.05, 3.63) is 60.9 Å². The first-order chi connectivity index (χ1) is 12.0. The minimum atomic E-state index is 0.425. The Hall–Kier alpha value is -2.68. The number of anilines is 2. The summed E-state index contributed by atoms with van der Waals surface area (Å²) < 4.78 is 5.78. The van der Waals surface area contributed by atoms with Crippen molar-refractivity contribution in [2.75, 3.05) is 10.6 Å². The largest absolute Gasteiger partial charge is 0.464 e. The Kier molecular flexibility index (Phi) is 5.13. The Morgan fingerprint density at radius 2 is 1.12 bits per heavy atom. The highest BCUT2D eigenvalue weighted by Crippen LogP contribution is 2.30. The van der Waals surface area contributed by atoms with Crippen molar-refractivity contribution in [2.24, 2.45) is 0 Å². The SMILES string of the molecule is CC(C)Nc1ccc(-c2coc(-c3ccc(NC(C)C)cc3)c2)cc1. The predicted molar refractivity (Wildman–Crippen MR) is 107 cm³/mol. The first kappa shape index (κ1) is 17.2. The molecule has 1 aromatic heterocycles. The molecule has 0 saturated heterocycles. The van der Waals surface area contributed by atoms with Crippen LogP contribution in [-0.2, 0) is 0 Å². The van der Waals surface area contributed by atoms with Gasteiger partial charge in [0.1, 0.15) is 5.76 Å². The molecule has 0 unspecified atom stereocenters. The molecule has 0 aliphatic rings. The van der Waals surface area contributed by atoms with E-state index in [9.17, 15) is 0 Å². The van der Waals surface area contributed by atoms with Crippen molar-refractivity contribution >= 4 is 11.4 Å². The second-order valence-electron chi connectivity index (χ2n) is 6.95. The maximum absolute atomic E-state index is 5.78. The topological polar surface area (TPSA) is 37.2 Å². The molecule has 0 spiro atoms. The minimum Gasteiger partial charge on any atom is -0.464 e. The van der Waals surface area contributed by atoms with Crippen LogP contribution >= 0.6 is 0 Å². The molecule has 2 aromatic carbocycles. The monoisotopic (exact) mass is 334 g/mol. The van der Waals surface area contributed by atoms with E-state index in [0.29, 0.717) is 12.1 Å². The molecule has 0 saturated carbocycles. The Balaban J connectivity index is 1.75. The third-order valence-corrected chi connectivity index (χ3v) is 3.90. The summed E-state index contributed by atoms with van der Waals surface area (Å²) in [7, 11) is 0. The van der Waals surface area contributed by atoms with Crippen LogP contribution in [0, 0.1) is 0 Å². The summed E-state index contributed by atoms with van der Waals surface area (Å²) in [4.78, 5) is 0. The zero-order valence-electron chi connectivity index (χ0n) is 15.3. The zero-order chi connectivity index (χ0) is 17.8. The molecular weight excluding hydrogens is 308 g/mol. The molecule has 0 amide bonds. The smallest absolute Gasteiger partial charge is 0.134 e. The van der Waals surface area contributed by atoms with Gasteiger partial charge >= 0.3 is 0 Å². The summed E-state index contributed by atoms with van der Waals surface area (Å²) in [5, 5.41) is 6.80. The van der Waals surface area contributed by atoms with Crippen LogP contribution in [0.2, 0.25) is 0 Å². The number of furan rings is 1. The lowest BCUT2D eigenvalue weighted by Gasteiger charge is -2.10. The molecule has 3 rings (SSSR count). The van der Waals surface area contributed by atoms with Gasteiger partial charge in [0.25, 0.3) is 0 Å². The van der Waals surface area contributed by atoms with E-state index in [4.69, 9.17) is 4.42 Å². The Morgan fingerprint density at radius 1 is 0.640 bits per heavy atom. The second kappa shape index (κ2) is 7.47. The first-order valence-corrected chi connectivity index (χ1v) is 8.84. The summed E-state index contributed by atoms with van der Waals surface area (Å²) in [5.41, 5.74) is 5.59. The van der Waals surface area contributed by atoms with E-state index in [-0.39, 0.29) is 0 Å². The van der Waals surface area contributed by atoms with Gasteiger partial charge in [-0.05, 0) is 75.7 Å². The lowest BCUT2D eigenvalue weighted by Crippen LogP contribution is -2.09. The van der Waals surface area contributed by atoms with Gasteiger partial charge < -0.3 is 15.1 Å². The molecule has 3 aromatic rings. The highest BCUT2D eigenvalue weighted by atomic mass is 16.3. The van der Waals surface area contributed by atoms with Crippen LogP contribution in [0.15, 0.2) is 65.3 Å².